The highest BCUT2D eigenvalue weighted by Crippen LogP contribution is 2.32. The van der Waals surface area contributed by atoms with Crippen LogP contribution in [0, 0.1) is 6.92 Å². The average Bonchev–Trinajstić information content (AvgIpc) is 2.86. The molecule has 0 amide bonds. The van der Waals surface area contributed by atoms with E-state index in [-0.39, 0.29) is 10.9 Å². The molecule has 6 nitrogen and oxygen atoms in total. The van der Waals surface area contributed by atoms with Gasteiger partial charge in [-0.15, -0.1) is 0 Å². The van der Waals surface area contributed by atoms with Crippen LogP contribution in [0.15, 0.2) is 71.6 Å². The van der Waals surface area contributed by atoms with Gasteiger partial charge in [0.2, 0.25) is 0 Å². The largest absolute Gasteiger partial charge is 0.497 e. The van der Waals surface area contributed by atoms with Crippen LogP contribution in [0.25, 0.3) is 0 Å². The van der Waals surface area contributed by atoms with Crippen LogP contribution < -0.4 is 13.8 Å². The number of rotatable bonds is 8. The Balaban J connectivity index is 1.56. The molecular weight excluding hydrogens is 484 g/mol. The molecule has 0 N–H and O–H groups in total. The Morgan fingerprint density at radius 2 is 1.60 bits per heavy atom. The second kappa shape index (κ2) is 10.9. The van der Waals surface area contributed by atoms with Crippen LogP contribution in [-0.4, -0.2) is 46.7 Å². The lowest BCUT2D eigenvalue weighted by Gasteiger charge is -2.39. The van der Waals surface area contributed by atoms with Gasteiger partial charge < -0.3 is 9.47 Å². The van der Waals surface area contributed by atoms with Gasteiger partial charge in [-0.3, -0.25) is 9.21 Å². The summed E-state index contributed by atoms with van der Waals surface area (Å²) in [6, 6.07) is 19.7. The molecule has 0 aliphatic carbocycles. The van der Waals surface area contributed by atoms with E-state index in [9.17, 15) is 8.42 Å². The lowest BCUT2D eigenvalue weighted by atomic mass is 10.0. The number of halogens is 1. The summed E-state index contributed by atoms with van der Waals surface area (Å²) < 4.78 is 40.1. The number of benzene rings is 3. The van der Waals surface area contributed by atoms with Gasteiger partial charge in [0.15, 0.2) is 0 Å². The standard InChI is InChI=1S/C27H31ClN2O4S/c1-20-4-8-23(9-5-20)30(35(31,32)26-11-6-22(28)7-12-26)24-14-16-29(17-15-24)19-21-18-25(33-2)10-13-27(21)34-3/h4-13,18,24H,14-17,19H2,1-3H3. The van der Waals surface area contributed by atoms with Gasteiger partial charge in [-0.2, -0.15) is 0 Å². The number of ether oxygens (including phenoxy) is 2. The number of aryl methyl sites for hydroxylation is 1. The van der Waals surface area contributed by atoms with E-state index >= 15 is 0 Å². The monoisotopic (exact) mass is 514 g/mol. The summed E-state index contributed by atoms with van der Waals surface area (Å²) in [6.07, 6.45) is 1.43. The van der Waals surface area contributed by atoms with Crippen LogP contribution in [0.5, 0.6) is 11.5 Å². The van der Waals surface area contributed by atoms with Gasteiger partial charge in [-0.1, -0.05) is 29.3 Å². The normalized spacial score (nSPS) is 15.1. The summed E-state index contributed by atoms with van der Waals surface area (Å²) in [5.41, 5.74) is 2.81. The third-order valence-corrected chi connectivity index (χ3v) is 8.58. The van der Waals surface area contributed by atoms with E-state index in [0.717, 1.165) is 35.7 Å². The van der Waals surface area contributed by atoms with Crippen molar-refractivity contribution in [3.63, 3.8) is 0 Å². The maximum atomic E-state index is 13.8. The number of piperidine rings is 1. The molecular formula is C27H31ClN2O4S. The summed E-state index contributed by atoms with van der Waals surface area (Å²) in [6.45, 7) is 4.24. The number of sulfonamides is 1. The molecule has 0 bridgehead atoms. The number of hydrogen-bond acceptors (Lipinski definition) is 5. The molecule has 186 valence electrons. The molecule has 8 heteroatoms. The van der Waals surface area contributed by atoms with Crippen molar-refractivity contribution in [3.8, 4) is 11.5 Å². The van der Waals surface area contributed by atoms with Crippen molar-refractivity contribution in [1.82, 2.24) is 4.90 Å². The molecule has 0 aromatic heterocycles. The minimum Gasteiger partial charge on any atom is -0.497 e. The van der Waals surface area contributed by atoms with Gasteiger partial charge in [-0.25, -0.2) is 8.42 Å². The molecule has 1 heterocycles. The van der Waals surface area contributed by atoms with E-state index in [0.29, 0.717) is 30.1 Å². The van der Waals surface area contributed by atoms with Gasteiger partial charge in [0.25, 0.3) is 10.0 Å². The first-order valence-corrected chi connectivity index (χ1v) is 13.4. The highest BCUT2D eigenvalue weighted by atomic mass is 35.5. The molecule has 0 radical (unpaired) electrons. The third-order valence-electron chi connectivity index (χ3n) is 6.43. The second-order valence-electron chi connectivity index (χ2n) is 8.78. The summed E-state index contributed by atoms with van der Waals surface area (Å²) >= 11 is 6.02. The fourth-order valence-corrected chi connectivity index (χ4v) is 6.35. The lowest BCUT2D eigenvalue weighted by Crippen LogP contribution is -2.47. The van der Waals surface area contributed by atoms with Crippen LogP contribution in [0.1, 0.15) is 24.0 Å². The Bertz CT molecular complexity index is 1240. The lowest BCUT2D eigenvalue weighted by molar-refractivity contribution is 0.204. The van der Waals surface area contributed by atoms with Crippen LogP contribution in [0.3, 0.4) is 0 Å². The van der Waals surface area contributed by atoms with Gasteiger partial charge in [0, 0.05) is 36.3 Å². The van der Waals surface area contributed by atoms with E-state index in [1.165, 1.54) is 0 Å². The molecule has 1 fully saturated rings. The highest BCUT2D eigenvalue weighted by molar-refractivity contribution is 7.92. The molecule has 4 rings (SSSR count). The highest BCUT2D eigenvalue weighted by Gasteiger charge is 2.34. The second-order valence-corrected chi connectivity index (χ2v) is 11.0. The van der Waals surface area contributed by atoms with E-state index in [1.54, 1.807) is 42.8 Å². The van der Waals surface area contributed by atoms with E-state index in [4.69, 9.17) is 21.1 Å². The first-order valence-electron chi connectivity index (χ1n) is 11.6. The number of methoxy groups -OCH3 is 2. The van der Waals surface area contributed by atoms with Crippen LogP contribution in [-0.2, 0) is 16.6 Å². The zero-order valence-electron chi connectivity index (χ0n) is 20.3. The molecule has 3 aromatic rings. The number of likely N-dealkylation sites (tertiary alicyclic amines) is 1. The Labute approximate surface area is 213 Å². The molecule has 0 saturated carbocycles. The summed E-state index contributed by atoms with van der Waals surface area (Å²) in [4.78, 5) is 2.57. The topological polar surface area (TPSA) is 59.1 Å². The molecule has 35 heavy (non-hydrogen) atoms. The van der Waals surface area contributed by atoms with E-state index in [1.807, 2.05) is 49.4 Å². The summed E-state index contributed by atoms with van der Waals surface area (Å²) in [7, 11) is -0.444. The Hall–Kier alpha value is -2.74. The number of anilines is 1. The summed E-state index contributed by atoms with van der Waals surface area (Å²) in [5, 5.41) is 0.507. The first-order chi connectivity index (χ1) is 16.8. The van der Waals surface area contributed by atoms with Crippen molar-refractivity contribution >= 4 is 27.3 Å². The van der Waals surface area contributed by atoms with Crippen molar-refractivity contribution in [1.29, 1.82) is 0 Å². The fraction of sp³-hybridized carbons (Fsp3) is 0.333. The van der Waals surface area contributed by atoms with Crippen molar-refractivity contribution in [2.24, 2.45) is 0 Å². The van der Waals surface area contributed by atoms with Gasteiger partial charge in [0.05, 0.1) is 24.8 Å². The SMILES string of the molecule is COc1ccc(OC)c(CN2CCC(N(c3ccc(C)cc3)S(=O)(=O)c3ccc(Cl)cc3)CC2)c1. The van der Waals surface area contributed by atoms with Crippen LogP contribution >= 0.6 is 11.6 Å². The maximum absolute atomic E-state index is 13.8. The predicted molar refractivity (Wildman–Crippen MR) is 140 cm³/mol. The Morgan fingerprint density at radius 1 is 0.943 bits per heavy atom. The number of nitrogens with zero attached hydrogens (tertiary/aromatic N) is 2. The van der Waals surface area contributed by atoms with Crippen molar-refractivity contribution < 1.29 is 17.9 Å². The average molecular weight is 515 g/mol. The molecule has 0 unspecified atom stereocenters. The van der Waals surface area contributed by atoms with Crippen LogP contribution in [0.2, 0.25) is 5.02 Å². The first kappa shape index (κ1) is 25.4. The molecule has 1 aliphatic rings. The van der Waals surface area contributed by atoms with Gasteiger partial charge >= 0.3 is 0 Å². The van der Waals surface area contributed by atoms with Crippen LogP contribution in [0.4, 0.5) is 5.69 Å². The zero-order valence-corrected chi connectivity index (χ0v) is 21.8. The molecule has 0 spiro atoms. The molecule has 1 aliphatic heterocycles. The van der Waals surface area contributed by atoms with E-state index < -0.39 is 10.0 Å². The third kappa shape index (κ3) is 5.74. The van der Waals surface area contributed by atoms with Gasteiger partial charge in [0.1, 0.15) is 11.5 Å². The van der Waals surface area contributed by atoms with E-state index in [2.05, 4.69) is 4.90 Å². The number of hydrogen-bond donors (Lipinski definition) is 0. The van der Waals surface area contributed by atoms with Crippen molar-refractivity contribution in [3.05, 3.63) is 82.9 Å². The van der Waals surface area contributed by atoms with Crippen molar-refractivity contribution in [2.75, 3.05) is 31.6 Å². The summed E-state index contributed by atoms with van der Waals surface area (Å²) in [5.74, 6) is 1.61. The zero-order chi connectivity index (χ0) is 25.0. The van der Waals surface area contributed by atoms with Crippen molar-refractivity contribution in [2.45, 2.75) is 37.2 Å². The predicted octanol–water partition coefficient (Wildman–Crippen LogP) is 5.53. The maximum Gasteiger partial charge on any atom is 0.264 e. The minimum atomic E-state index is -3.76. The smallest absolute Gasteiger partial charge is 0.264 e. The molecule has 3 aromatic carbocycles. The fourth-order valence-electron chi connectivity index (χ4n) is 4.52. The Kier molecular flexibility index (Phi) is 7.89. The molecule has 0 atom stereocenters. The van der Waals surface area contributed by atoms with Gasteiger partial charge in [-0.05, 0) is 74.4 Å². The minimum absolute atomic E-state index is 0.151. The Morgan fingerprint density at radius 3 is 2.20 bits per heavy atom. The molecule has 1 saturated heterocycles. The quantitative estimate of drug-likeness (QED) is 0.396.